The van der Waals surface area contributed by atoms with Crippen molar-refractivity contribution in [2.45, 2.75) is 39.2 Å². The largest absolute Gasteiger partial charge is 0.481 e. The minimum absolute atomic E-state index is 0.0300. The monoisotopic (exact) mass is 327 g/mol. The fourth-order valence-corrected chi connectivity index (χ4v) is 2.10. The lowest BCUT2D eigenvalue weighted by atomic mass is 9.97. The summed E-state index contributed by atoms with van der Waals surface area (Å²) >= 11 is 3.35. The van der Waals surface area contributed by atoms with Crippen LogP contribution < -0.4 is 5.32 Å². The third-order valence-corrected chi connectivity index (χ3v) is 3.47. The molecule has 0 heterocycles. The highest BCUT2D eigenvalue weighted by atomic mass is 79.9. The normalized spacial score (nSPS) is 11.2. The Morgan fingerprint density at radius 1 is 1.37 bits per heavy atom. The van der Waals surface area contributed by atoms with E-state index in [1.807, 2.05) is 32.9 Å². The van der Waals surface area contributed by atoms with Crippen LogP contribution in [-0.2, 0) is 4.79 Å². The fourth-order valence-electron chi connectivity index (χ4n) is 1.67. The van der Waals surface area contributed by atoms with Gasteiger partial charge in [-0.25, -0.2) is 0 Å². The summed E-state index contributed by atoms with van der Waals surface area (Å²) in [6, 6.07) is 5.54. The Balaban J connectivity index is 2.78. The molecule has 1 amide bonds. The van der Waals surface area contributed by atoms with Crippen molar-refractivity contribution in [1.82, 2.24) is 5.32 Å². The Morgan fingerprint density at radius 3 is 2.58 bits per heavy atom. The molecule has 0 spiro atoms. The minimum Gasteiger partial charge on any atom is -0.481 e. The van der Waals surface area contributed by atoms with Crippen LogP contribution in [0.1, 0.15) is 42.6 Å². The first kappa shape index (κ1) is 15.7. The van der Waals surface area contributed by atoms with Gasteiger partial charge in [-0.1, -0.05) is 11.6 Å². The van der Waals surface area contributed by atoms with Crippen molar-refractivity contribution in [3.63, 3.8) is 0 Å². The standard InChI is InChI=1S/C14H18BrNO3/c1-9-4-5-11(15)10(8-9)13(19)16-14(2,3)7-6-12(17)18/h4-5,8H,6-7H2,1-3H3,(H,16,19)(H,17,18). The lowest BCUT2D eigenvalue weighted by molar-refractivity contribution is -0.137. The Bertz CT molecular complexity index is 497. The van der Waals surface area contributed by atoms with Crippen LogP contribution in [-0.4, -0.2) is 22.5 Å². The molecule has 0 radical (unpaired) electrons. The summed E-state index contributed by atoms with van der Waals surface area (Å²) in [6.07, 6.45) is 0.416. The van der Waals surface area contributed by atoms with E-state index in [1.165, 1.54) is 0 Å². The third-order valence-electron chi connectivity index (χ3n) is 2.78. The van der Waals surface area contributed by atoms with Crippen LogP contribution in [0.3, 0.4) is 0 Å². The minimum atomic E-state index is -0.862. The molecule has 0 aromatic heterocycles. The predicted molar refractivity (Wildman–Crippen MR) is 77.3 cm³/mol. The molecule has 0 saturated heterocycles. The van der Waals surface area contributed by atoms with E-state index in [-0.39, 0.29) is 12.3 Å². The summed E-state index contributed by atoms with van der Waals surface area (Å²) in [5, 5.41) is 11.6. The van der Waals surface area contributed by atoms with Gasteiger partial charge >= 0.3 is 5.97 Å². The van der Waals surface area contributed by atoms with Gasteiger partial charge in [0.05, 0.1) is 5.56 Å². The maximum atomic E-state index is 12.2. The number of benzene rings is 1. The quantitative estimate of drug-likeness (QED) is 0.873. The smallest absolute Gasteiger partial charge is 0.303 e. The van der Waals surface area contributed by atoms with Gasteiger partial charge in [0.1, 0.15) is 0 Å². The molecule has 0 aliphatic rings. The zero-order valence-corrected chi connectivity index (χ0v) is 12.9. The van der Waals surface area contributed by atoms with Crippen LogP contribution in [0.5, 0.6) is 0 Å². The van der Waals surface area contributed by atoms with Gasteiger partial charge in [0.2, 0.25) is 0 Å². The molecule has 1 rings (SSSR count). The van der Waals surface area contributed by atoms with Gasteiger partial charge in [0.15, 0.2) is 0 Å². The molecule has 4 nitrogen and oxygen atoms in total. The van der Waals surface area contributed by atoms with Crippen molar-refractivity contribution in [2.75, 3.05) is 0 Å². The number of carboxylic acids is 1. The number of aryl methyl sites for hydroxylation is 1. The van der Waals surface area contributed by atoms with E-state index >= 15 is 0 Å². The Labute approximate surface area is 121 Å². The first-order valence-corrected chi connectivity index (χ1v) is 6.81. The second-order valence-corrected chi connectivity index (χ2v) is 6.07. The number of halogens is 1. The number of carboxylic acid groups (broad SMARTS) is 1. The number of hydrogen-bond donors (Lipinski definition) is 2. The van der Waals surface area contributed by atoms with Crippen LogP contribution in [0, 0.1) is 6.92 Å². The molecular weight excluding hydrogens is 310 g/mol. The molecule has 0 fully saturated rings. The Morgan fingerprint density at radius 2 is 2.00 bits per heavy atom. The highest BCUT2D eigenvalue weighted by Gasteiger charge is 2.23. The van der Waals surface area contributed by atoms with Crippen LogP contribution in [0.4, 0.5) is 0 Å². The van der Waals surface area contributed by atoms with Crippen molar-refractivity contribution in [2.24, 2.45) is 0 Å². The summed E-state index contributed by atoms with van der Waals surface area (Å²) < 4.78 is 0.727. The number of amides is 1. The van der Waals surface area contributed by atoms with Gasteiger partial charge in [0, 0.05) is 16.4 Å². The van der Waals surface area contributed by atoms with Crippen molar-refractivity contribution in [1.29, 1.82) is 0 Å². The number of nitrogens with one attached hydrogen (secondary N) is 1. The number of aliphatic carboxylic acids is 1. The Kier molecular flexibility index (Phi) is 5.11. The molecule has 0 atom stereocenters. The SMILES string of the molecule is Cc1ccc(Br)c(C(=O)NC(C)(C)CCC(=O)O)c1. The number of carbonyl (C=O) groups is 2. The highest BCUT2D eigenvalue weighted by molar-refractivity contribution is 9.10. The van der Waals surface area contributed by atoms with Crippen LogP contribution >= 0.6 is 15.9 Å². The second kappa shape index (κ2) is 6.19. The van der Waals surface area contributed by atoms with E-state index in [9.17, 15) is 9.59 Å². The van der Waals surface area contributed by atoms with Crippen molar-refractivity contribution in [3.05, 3.63) is 33.8 Å². The van der Waals surface area contributed by atoms with Gasteiger partial charge in [-0.05, 0) is 55.3 Å². The molecule has 1 aromatic rings. The van der Waals surface area contributed by atoms with Crippen molar-refractivity contribution in [3.8, 4) is 0 Å². The molecular formula is C14H18BrNO3. The maximum Gasteiger partial charge on any atom is 0.303 e. The molecule has 0 saturated carbocycles. The van der Waals surface area contributed by atoms with Gasteiger partial charge in [-0.3, -0.25) is 9.59 Å². The summed E-state index contributed by atoms with van der Waals surface area (Å²) in [5.41, 5.74) is 0.999. The lowest BCUT2D eigenvalue weighted by Gasteiger charge is -2.26. The number of rotatable bonds is 5. The first-order valence-electron chi connectivity index (χ1n) is 6.02. The summed E-state index contributed by atoms with van der Waals surface area (Å²) in [4.78, 5) is 22.8. The summed E-state index contributed by atoms with van der Waals surface area (Å²) in [6.45, 7) is 5.55. The average molecular weight is 328 g/mol. The van der Waals surface area contributed by atoms with Gasteiger partial charge in [-0.15, -0.1) is 0 Å². The van der Waals surface area contributed by atoms with Crippen molar-refractivity contribution < 1.29 is 14.7 Å². The number of carbonyl (C=O) groups excluding carboxylic acids is 1. The van der Waals surface area contributed by atoms with Crippen LogP contribution in [0.2, 0.25) is 0 Å². The van der Waals surface area contributed by atoms with Gasteiger partial charge in [-0.2, -0.15) is 0 Å². The second-order valence-electron chi connectivity index (χ2n) is 5.22. The molecule has 0 unspecified atom stereocenters. The first-order chi connectivity index (χ1) is 8.71. The topological polar surface area (TPSA) is 66.4 Å². The maximum absolute atomic E-state index is 12.2. The molecule has 0 aliphatic carbocycles. The van der Waals surface area contributed by atoms with E-state index in [0.29, 0.717) is 12.0 Å². The van der Waals surface area contributed by atoms with E-state index in [1.54, 1.807) is 6.07 Å². The fraction of sp³-hybridized carbons (Fsp3) is 0.429. The molecule has 104 valence electrons. The van der Waals surface area contributed by atoms with Gasteiger partial charge < -0.3 is 10.4 Å². The van der Waals surface area contributed by atoms with E-state index in [4.69, 9.17) is 5.11 Å². The third kappa shape index (κ3) is 5.03. The van der Waals surface area contributed by atoms with E-state index < -0.39 is 11.5 Å². The summed E-state index contributed by atoms with van der Waals surface area (Å²) in [5.74, 6) is -1.06. The van der Waals surface area contributed by atoms with E-state index in [0.717, 1.165) is 10.0 Å². The molecule has 2 N–H and O–H groups in total. The number of hydrogen-bond acceptors (Lipinski definition) is 2. The Hall–Kier alpha value is -1.36. The molecule has 0 bridgehead atoms. The van der Waals surface area contributed by atoms with Crippen LogP contribution in [0.25, 0.3) is 0 Å². The zero-order chi connectivity index (χ0) is 14.6. The van der Waals surface area contributed by atoms with Gasteiger partial charge in [0.25, 0.3) is 5.91 Å². The molecule has 1 aromatic carbocycles. The molecule has 0 aliphatic heterocycles. The molecule has 5 heteroatoms. The summed E-state index contributed by atoms with van der Waals surface area (Å²) in [7, 11) is 0. The average Bonchev–Trinajstić information content (AvgIpc) is 2.29. The highest BCUT2D eigenvalue weighted by Crippen LogP contribution is 2.20. The van der Waals surface area contributed by atoms with Crippen molar-refractivity contribution >= 4 is 27.8 Å². The van der Waals surface area contributed by atoms with Crippen LogP contribution in [0.15, 0.2) is 22.7 Å². The van der Waals surface area contributed by atoms with E-state index in [2.05, 4.69) is 21.2 Å². The molecule has 19 heavy (non-hydrogen) atoms. The zero-order valence-electron chi connectivity index (χ0n) is 11.3. The lowest BCUT2D eigenvalue weighted by Crippen LogP contribution is -2.43. The predicted octanol–water partition coefficient (Wildman–Crippen LogP) is 3.13.